The molecule has 0 saturated carbocycles. The second-order valence-electron chi connectivity index (χ2n) is 8.65. The normalized spacial score (nSPS) is 17.5. The van der Waals surface area contributed by atoms with Gasteiger partial charge in [0.15, 0.2) is 11.5 Å². The van der Waals surface area contributed by atoms with Crippen LogP contribution in [0.5, 0.6) is 0 Å². The number of halogens is 1. The van der Waals surface area contributed by atoms with Crippen molar-refractivity contribution in [3.63, 3.8) is 0 Å². The van der Waals surface area contributed by atoms with Crippen LogP contribution in [0.2, 0.25) is 0 Å². The topological polar surface area (TPSA) is 96.7 Å². The maximum atomic E-state index is 14.4. The number of benzene rings is 1. The first-order chi connectivity index (χ1) is 16.0. The fourth-order valence-corrected chi connectivity index (χ4v) is 4.63. The number of fused-ring (bicyclic) bond motifs is 2. The number of nitrogens with zero attached hydrogens (tertiary/aromatic N) is 5. The molecule has 1 aromatic carbocycles. The van der Waals surface area contributed by atoms with Crippen LogP contribution in [-0.2, 0) is 4.74 Å². The van der Waals surface area contributed by atoms with Gasteiger partial charge in [-0.3, -0.25) is 14.8 Å². The van der Waals surface area contributed by atoms with Crippen LogP contribution in [-0.4, -0.2) is 63.6 Å². The van der Waals surface area contributed by atoms with Gasteiger partial charge >= 0.3 is 0 Å². The molecule has 1 spiro atoms. The van der Waals surface area contributed by atoms with Gasteiger partial charge in [0.05, 0.1) is 41.4 Å². The number of imidazole rings is 1. The zero-order valence-electron chi connectivity index (χ0n) is 18.0. The Balaban J connectivity index is 1.34. The van der Waals surface area contributed by atoms with Crippen LogP contribution < -0.4 is 15.5 Å². The highest BCUT2D eigenvalue weighted by molar-refractivity contribution is 6.13. The molecular weight excluding hydrogens is 425 g/mol. The molecule has 0 unspecified atom stereocenters. The van der Waals surface area contributed by atoms with E-state index in [1.807, 2.05) is 6.07 Å². The molecular formula is C23H22FN7O2. The maximum Gasteiger partial charge on any atom is 0.257 e. The number of carbonyl (C=O) groups is 1. The summed E-state index contributed by atoms with van der Waals surface area (Å²) in [7, 11) is 0. The molecule has 33 heavy (non-hydrogen) atoms. The lowest BCUT2D eigenvalue weighted by Crippen LogP contribution is -2.70. The maximum absolute atomic E-state index is 14.4. The molecule has 0 radical (unpaired) electrons. The second kappa shape index (κ2) is 7.46. The quantitative estimate of drug-likeness (QED) is 0.497. The van der Waals surface area contributed by atoms with Gasteiger partial charge in [-0.2, -0.15) is 0 Å². The van der Waals surface area contributed by atoms with Crippen LogP contribution in [0.4, 0.5) is 15.8 Å². The van der Waals surface area contributed by atoms with E-state index in [1.54, 1.807) is 42.2 Å². The van der Waals surface area contributed by atoms with Gasteiger partial charge in [0.2, 0.25) is 0 Å². The van der Waals surface area contributed by atoms with Crippen LogP contribution >= 0.6 is 0 Å². The summed E-state index contributed by atoms with van der Waals surface area (Å²) < 4.78 is 21.4. The van der Waals surface area contributed by atoms with Crippen molar-refractivity contribution in [2.75, 3.05) is 43.1 Å². The third kappa shape index (κ3) is 3.38. The van der Waals surface area contributed by atoms with E-state index in [9.17, 15) is 9.18 Å². The standard InChI is InChI=1S/C23H22FN7O2/c1-14-9-31-10-15(8-17(24)21(31)28-14)29-22(32)16-2-3-18(20-19(16)25-4-5-26-20)30-7-6-27-23(11-30)12-33-13-23/h2-5,8-10,27H,6-7,11-13H2,1H3,(H,29,32). The summed E-state index contributed by atoms with van der Waals surface area (Å²) in [6.07, 6.45) is 6.54. The van der Waals surface area contributed by atoms with Crippen molar-refractivity contribution in [3.8, 4) is 0 Å². The Bertz CT molecular complexity index is 1400. The predicted octanol–water partition coefficient (Wildman–Crippen LogP) is 2.16. The summed E-state index contributed by atoms with van der Waals surface area (Å²) in [5, 5.41) is 6.34. The van der Waals surface area contributed by atoms with Crippen LogP contribution in [0.3, 0.4) is 0 Å². The molecule has 5 heterocycles. The number of hydrogen-bond donors (Lipinski definition) is 2. The number of amides is 1. The van der Waals surface area contributed by atoms with E-state index in [0.717, 1.165) is 25.3 Å². The monoisotopic (exact) mass is 447 g/mol. The predicted molar refractivity (Wildman–Crippen MR) is 121 cm³/mol. The Kier molecular flexibility index (Phi) is 4.52. The molecule has 4 aromatic rings. The highest BCUT2D eigenvalue weighted by Crippen LogP contribution is 2.31. The minimum atomic E-state index is -0.506. The number of ether oxygens (including phenoxy) is 1. The Morgan fingerprint density at radius 2 is 2.03 bits per heavy atom. The molecule has 2 N–H and O–H groups in total. The first kappa shape index (κ1) is 20.0. The summed E-state index contributed by atoms with van der Waals surface area (Å²) in [6.45, 7) is 5.62. The Hall–Kier alpha value is -3.63. The van der Waals surface area contributed by atoms with E-state index in [1.165, 1.54) is 6.07 Å². The van der Waals surface area contributed by atoms with E-state index in [2.05, 4.69) is 30.5 Å². The van der Waals surface area contributed by atoms with E-state index >= 15 is 0 Å². The lowest BCUT2D eigenvalue weighted by molar-refractivity contribution is -0.0742. The van der Waals surface area contributed by atoms with Crippen LogP contribution in [0.25, 0.3) is 16.7 Å². The number of piperazine rings is 1. The Labute approximate surface area is 188 Å². The molecule has 6 rings (SSSR count). The number of hydrogen-bond acceptors (Lipinski definition) is 7. The first-order valence-corrected chi connectivity index (χ1v) is 10.8. The van der Waals surface area contributed by atoms with Crippen molar-refractivity contribution in [1.29, 1.82) is 0 Å². The van der Waals surface area contributed by atoms with E-state index in [4.69, 9.17) is 4.74 Å². The molecule has 2 saturated heterocycles. The molecule has 0 aliphatic carbocycles. The van der Waals surface area contributed by atoms with Crippen molar-refractivity contribution in [3.05, 3.63) is 60.1 Å². The SMILES string of the molecule is Cc1cn2cc(NC(=O)c3ccc(N4CCNC5(COC5)C4)c4nccnc34)cc(F)c2n1. The number of aromatic nitrogens is 4. The largest absolute Gasteiger partial charge is 0.377 e. The number of carbonyl (C=O) groups excluding carboxylic acids is 1. The molecule has 0 atom stereocenters. The zero-order chi connectivity index (χ0) is 22.6. The van der Waals surface area contributed by atoms with Gasteiger partial charge in [0.25, 0.3) is 5.91 Å². The molecule has 1 amide bonds. The highest BCUT2D eigenvalue weighted by Gasteiger charge is 2.42. The van der Waals surface area contributed by atoms with Crippen molar-refractivity contribution in [1.82, 2.24) is 24.7 Å². The minimum absolute atomic E-state index is 0.0305. The fraction of sp³-hybridized carbons (Fsp3) is 0.304. The average molecular weight is 447 g/mol. The molecule has 0 bridgehead atoms. The summed E-state index contributed by atoms with van der Waals surface area (Å²) in [5.74, 6) is -0.889. The zero-order valence-corrected chi connectivity index (χ0v) is 18.0. The lowest BCUT2D eigenvalue weighted by atomic mass is 9.94. The number of pyridine rings is 1. The van der Waals surface area contributed by atoms with Crippen molar-refractivity contribution >= 4 is 34.0 Å². The minimum Gasteiger partial charge on any atom is -0.377 e. The van der Waals surface area contributed by atoms with Gasteiger partial charge in [0, 0.05) is 50.5 Å². The van der Waals surface area contributed by atoms with E-state index in [0.29, 0.717) is 41.2 Å². The molecule has 2 aliphatic heterocycles. The Morgan fingerprint density at radius 3 is 2.82 bits per heavy atom. The van der Waals surface area contributed by atoms with Crippen LogP contribution in [0, 0.1) is 12.7 Å². The third-order valence-corrected chi connectivity index (χ3v) is 6.21. The average Bonchev–Trinajstić information content (AvgIpc) is 3.18. The van der Waals surface area contributed by atoms with Gasteiger partial charge in [-0.1, -0.05) is 0 Å². The molecule has 3 aromatic heterocycles. The van der Waals surface area contributed by atoms with Crippen molar-refractivity contribution < 1.29 is 13.9 Å². The van der Waals surface area contributed by atoms with E-state index < -0.39 is 5.82 Å². The fourth-order valence-electron chi connectivity index (χ4n) is 4.63. The molecule has 10 heteroatoms. The first-order valence-electron chi connectivity index (χ1n) is 10.8. The van der Waals surface area contributed by atoms with Crippen molar-refractivity contribution in [2.45, 2.75) is 12.5 Å². The summed E-state index contributed by atoms with van der Waals surface area (Å²) in [5.41, 5.74) is 3.69. The van der Waals surface area contributed by atoms with E-state index in [-0.39, 0.29) is 17.1 Å². The molecule has 2 fully saturated rings. The molecule has 168 valence electrons. The number of anilines is 2. The smallest absolute Gasteiger partial charge is 0.257 e. The number of nitrogens with one attached hydrogen (secondary N) is 2. The lowest BCUT2D eigenvalue weighted by Gasteiger charge is -2.49. The molecule has 9 nitrogen and oxygen atoms in total. The summed E-state index contributed by atoms with van der Waals surface area (Å²) in [6, 6.07) is 4.93. The third-order valence-electron chi connectivity index (χ3n) is 6.21. The van der Waals surface area contributed by atoms with Crippen molar-refractivity contribution in [2.24, 2.45) is 0 Å². The van der Waals surface area contributed by atoms with Gasteiger partial charge < -0.3 is 24.7 Å². The van der Waals surface area contributed by atoms with Crippen LogP contribution in [0.1, 0.15) is 16.1 Å². The van der Waals surface area contributed by atoms with Gasteiger partial charge in [-0.05, 0) is 19.1 Å². The van der Waals surface area contributed by atoms with Gasteiger partial charge in [0.1, 0.15) is 11.0 Å². The number of aryl methyl sites for hydroxylation is 1. The van der Waals surface area contributed by atoms with Gasteiger partial charge in [-0.25, -0.2) is 9.37 Å². The van der Waals surface area contributed by atoms with Crippen LogP contribution in [0.15, 0.2) is 43.0 Å². The molecule has 2 aliphatic rings. The second-order valence-corrected chi connectivity index (χ2v) is 8.65. The Morgan fingerprint density at radius 1 is 1.21 bits per heavy atom. The highest BCUT2D eigenvalue weighted by atomic mass is 19.1. The number of rotatable bonds is 3. The summed E-state index contributed by atoms with van der Waals surface area (Å²) in [4.78, 5) is 28.6. The van der Waals surface area contributed by atoms with Gasteiger partial charge in [-0.15, -0.1) is 0 Å². The summed E-state index contributed by atoms with van der Waals surface area (Å²) >= 11 is 0.